The van der Waals surface area contributed by atoms with Crippen molar-refractivity contribution in [3.63, 3.8) is 0 Å². The quantitative estimate of drug-likeness (QED) is 0.290. The van der Waals surface area contributed by atoms with Crippen LogP contribution in [0.3, 0.4) is 0 Å². The van der Waals surface area contributed by atoms with Gasteiger partial charge in [-0.05, 0) is 23.3 Å². The lowest BCUT2D eigenvalue weighted by Gasteiger charge is -2.09. The van der Waals surface area contributed by atoms with Gasteiger partial charge in [0.1, 0.15) is 11.1 Å². The number of nitrogens with zero attached hydrogens (tertiary/aromatic N) is 4. The molecule has 0 heterocycles. The number of rotatable bonds is 10. The lowest BCUT2D eigenvalue weighted by atomic mass is 10.1. The van der Waals surface area contributed by atoms with Crippen molar-refractivity contribution in [3.8, 4) is 0 Å². The van der Waals surface area contributed by atoms with Crippen LogP contribution in [0, 0.1) is 40.5 Å². The molecule has 3 aromatic carbocycles. The van der Waals surface area contributed by atoms with E-state index in [0.717, 1.165) is 24.3 Å². The van der Waals surface area contributed by atoms with Crippen LogP contribution in [0.2, 0.25) is 0 Å². The smallest absolute Gasteiger partial charge is 0.289 e. The average Bonchev–Trinajstić information content (AvgIpc) is 2.89. The zero-order valence-corrected chi connectivity index (χ0v) is 19.1. The third-order valence-electron chi connectivity index (χ3n) is 5.16. The maximum atomic E-state index is 12.5. The highest BCUT2D eigenvalue weighted by molar-refractivity contribution is 5.99. The van der Waals surface area contributed by atoms with Crippen LogP contribution in [0.5, 0.6) is 0 Å². The van der Waals surface area contributed by atoms with Crippen LogP contribution in [-0.2, 0) is 13.1 Å². The first-order valence-corrected chi connectivity index (χ1v) is 10.5. The molecule has 2 amide bonds. The van der Waals surface area contributed by atoms with Gasteiger partial charge in [-0.25, -0.2) is 0 Å². The summed E-state index contributed by atoms with van der Waals surface area (Å²) in [4.78, 5) is 65.8. The minimum absolute atomic E-state index is 0.0808. The number of carbonyl (C=O) groups excluding carboxylic acids is 2. The van der Waals surface area contributed by atoms with Gasteiger partial charge >= 0.3 is 0 Å². The second-order valence-corrected chi connectivity index (χ2v) is 7.62. The molecule has 0 aliphatic carbocycles. The summed E-state index contributed by atoms with van der Waals surface area (Å²) in [6.45, 7) is -0.162. The summed E-state index contributed by atoms with van der Waals surface area (Å²) in [6, 6.07) is 11.7. The molecule has 38 heavy (non-hydrogen) atoms. The van der Waals surface area contributed by atoms with Crippen LogP contribution >= 0.6 is 0 Å². The van der Waals surface area contributed by atoms with E-state index in [1.165, 1.54) is 0 Å². The molecule has 0 aliphatic heterocycles. The minimum Gasteiger partial charge on any atom is -0.348 e. The van der Waals surface area contributed by atoms with E-state index in [0.29, 0.717) is 23.3 Å². The minimum atomic E-state index is -0.902. The maximum Gasteiger partial charge on any atom is 0.289 e. The molecular weight excluding hydrogens is 508 g/mol. The van der Waals surface area contributed by atoms with Crippen molar-refractivity contribution in [2.24, 2.45) is 0 Å². The molecule has 0 aliphatic rings. The molecule has 16 nitrogen and oxygen atoms in total. The van der Waals surface area contributed by atoms with Gasteiger partial charge in [0.25, 0.3) is 34.6 Å². The second kappa shape index (κ2) is 11.3. The number of amides is 2. The van der Waals surface area contributed by atoms with Crippen molar-refractivity contribution in [1.82, 2.24) is 10.6 Å². The first-order chi connectivity index (χ1) is 18.0. The van der Waals surface area contributed by atoms with Crippen LogP contribution < -0.4 is 10.6 Å². The van der Waals surface area contributed by atoms with Crippen LogP contribution in [-0.4, -0.2) is 31.5 Å². The summed E-state index contributed by atoms with van der Waals surface area (Å²) < 4.78 is 0. The fourth-order valence-corrected chi connectivity index (χ4v) is 3.36. The van der Waals surface area contributed by atoms with E-state index in [1.54, 1.807) is 24.3 Å². The van der Waals surface area contributed by atoms with E-state index >= 15 is 0 Å². The molecule has 0 atom stereocenters. The molecular formula is C22H16N6O10. The molecule has 0 saturated heterocycles. The zero-order chi connectivity index (χ0) is 28.0. The Bertz CT molecular complexity index is 1380. The number of nitro benzene ring substituents is 4. The first-order valence-electron chi connectivity index (χ1n) is 10.5. The molecule has 2 N–H and O–H groups in total. The van der Waals surface area contributed by atoms with E-state index in [-0.39, 0.29) is 24.2 Å². The van der Waals surface area contributed by atoms with Crippen LogP contribution in [0.15, 0.2) is 60.7 Å². The Morgan fingerprint density at radius 2 is 0.974 bits per heavy atom. The Morgan fingerprint density at radius 3 is 1.32 bits per heavy atom. The number of nitro groups is 4. The molecule has 0 unspecified atom stereocenters. The highest BCUT2D eigenvalue weighted by Gasteiger charge is 2.25. The molecule has 0 fully saturated rings. The SMILES string of the molecule is O=C(NCc1cccc(CNC(=O)c2ccc([N+](=O)[O-])cc2[N+](=O)[O-])c1)c1ccc([N+](=O)[O-])cc1[N+](=O)[O-]. The molecule has 3 rings (SSSR count). The number of benzene rings is 3. The Kier molecular flexibility index (Phi) is 7.96. The molecule has 0 radical (unpaired) electrons. The van der Waals surface area contributed by atoms with E-state index in [2.05, 4.69) is 10.6 Å². The lowest BCUT2D eigenvalue weighted by molar-refractivity contribution is -0.394. The van der Waals surface area contributed by atoms with Gasteiger partial charge in [-0.2, -0.15) is 0 Å². The summed E-state index contributed by atoms with van der Waals surface area (Å²) in [5, 5.41) is 49.2. The third-order valence-corrected chi connectivity index (χ3v) is 5.16. The monoisotopic (exact) mass is 524 g/mol. The third kappa shape index (κ3) is 6.25. The average molecular weight is 524 g/mol. The van der Waals surface area contributed by atoms with Gasteiger partial charge in [0, 0.05) is 25.2 Å². The molecule has 0 spiro atoms. The van der Waals surface area contributed by atoms with Crippen LogP contribution in [0.1, 0.15) is 31.8 Å². The standard InChI is InChI=1S/C22H16N6O10/c29-21(17-6-4-15(25(31)32)9-19(17)27(35)36)23-11-13-2-1-3-14(8-13)12-24-22(30)18-7-5-16(26(33)34)10-20(18)28(37)38/h1-10H,11-12H2,(H,23,29)(H,24,30). The van der Waals surface area contributed by atoms with Crippen LogP contribution in [0.25, 0.3) is 0 Å². The number of nitrogens with one attached hydrogen (secondary N) is 2. The number of hydrogen-bond acceptors (Lipinski definition) is 10. The van der Waals surface area contributed by atoms with Crippen molar-refractivity contribution < 1.29 is 29.3 Å². The molecule has 0 aromatic heterocycles. The van der Waals surface area contributed by atoms with Crippen molar-refractivity contribution in [3.05, 3.63) is 123 Å². The van der Waals surface area contributed by atoms with Crippen LogP contribution in [0.4, 0.5) is 22.7 Å². The Labute approximate surface area is 211 Å². The summed E-state index contributed by atoms with van der Waals surface area (Å²) in [5.41, 5.74) is -2.19. The van der Waals surface area contributed by atoms with Gasteiger partial charge in [-0.15, -0.1) is 0 Å². The molecule has 0 bridgehead atoms. The van der Waals surface area contributed by atoms with Gasteiger partial charge in [-0.1, -0.05) is 24.3 Å². The normalized spacial score (nSPS) is 10.3. The number of hydrogen-bond donors (Lipinski definition) is 2. The van der Waals surface area contributed by atoms with Gasteiger partial charge in [0.05, 0.1) is 31.8 Å². The maximum absolute atomic E-state index is 12.5. The first kappa shape index (κ1) is 26.8. The molecule has 16 heteroatoms. The number of non-ortho nitro benzene ring substituents is 2. The Balaban J connectivity index is 1.68. The van der Waals surface area contributed by atoms with Gasteiger partial charge in [0.15, 0.2) is 0 Å². The van der Waals surface area contributed by atoms with E-state index in [4.69, 9.17) is 0 Å². The van der Waals surface area contributed by atoms with Crippen molar-refractivity contribution in [1.29, 1.82) is 0 Å². The Morgan fingerprint density at radius 1 is 0.579 bits per heavy atom. The fraction of sp³-hybridized carbons (Fsp3) is 0.0909. The molecule has 194 valence electrons. The van der Waals surface area contributed by atoms with Crippen molar-refractivity contribution in [2.45, 2.75) is 13.1 Å². The summed E-state index contributed by atoms with van der Waals surface area (Å²) >= 11 is 0. The van der Waals surface area contributed by atoms with Gasteiger partial charge < -0.3 is 10.6 Å². The van der Waals surface area contributed by atoms with E-state index in [9.17, 15) is 50.0 Å². The second-order valence-electron chi connectivity index (χ2n) is 7.62. The van der Waals surface area contributed by atoms with E-state index < -0.39 is 54.3 Å². The van der Waals surface area contributed by atoms with Crippen molar-refractivity contribution >= 4 is 34.6 Å². The number of carbonyl (C=O) groups is 2. The Hall–Kier alpha value is -5.80. The highest BCUT2D eigenvalue weighted by atomic mass is 16.6. The summed E-state index contributed by atoms with van der Waals surface area (Å²) in [6.07, 6.45) is 0. The molecule has 3 aromatic rings. The largest absolute Gasteiger partial charge is 0.348 e. The van der Waals surface area contributed by atoms with Gasteiger partial charge in [0.2, 0.25) is 0 Å². The fourth-order valence-electron chi connectivity index (χ4n) is 3.36. The highest BCUT2D eigenvalue weighted by Crippen LogP contribution is 2.26. The van der Waals surface area contributed by atoms with Crippen molar-refractivity contribution in [2.75, 3.05) is 0 Å². The predicted molar refractivity (Wildman–Crippen MR) is 128 cm³/mol. The lowest BCUT2D eigenvalue weighted by Crippen LogP contribution is -2.25. The van der Waals surface area contributed by atoms with Gasteiger partial charge in [-0.3, -0.25) is 50.0 Å². The zero-order valence-electron chi connectivity index (χ0n) is 19.1. The molecule has 0 saturated carbocycles. The van der Waals surface area contributed by atoms with E-state index in [1.807, 2.05) is 0 Å². The summed E-state index contributed by atoms with van der Waals surface area (Å²) in [5.74, 6) is -1.67. The summed E-state index contributed by atoms with van der Waals surface area (Å²) in [7, 11) is 0. The predicted octanol–water partition coefficient (Wildman–Crippen LogP) is 3.18. The topological polar surface area (TPSA) is 231 Å².